The zero-order valence-corrected chi connectivity index (χ0v) is 21.6. The lowest BCUT2D eigenvalue weighted by molar-refractivity contribution is -0.118. The van der Waals surface area contributed by atoms with Gasteiger partial charge in [0.05, 0.1) is 10.2 Å². The van der Waals surface area contributed by atoms with Gasteiger partial charge in [-0.1, -0.05) is 29.0 Å². The highest BCUT2D eigenvalue weighted by Gasteiger charge is 2.20. The molecule has 0 unspecified atom stereocenters. The summed E-state index contributed by atoms with van der Waals surface area (Å²) in [6.45, 7) is 5.80. The Hall–Kier alpha value is -1.31. The fourth-order valence-corrected chi connectivity index (χ4v) is 5.42. The van der Waals surface area contributed by atoms with Crippen LogP contribution in [0, 0.1) is 13.8 Å². The molecule has 0 fully saturated rings. The molecular weight excluding hydrogens is 469 g/mol. The van der Waals surface area contributed by atoms with Crippen molar-refractivity contribution in [2.75, 3.05) is 37.8 Å². The summed E-state index contributed by atoms with van der Waals surface area (Å²) in [6.07, 6.45) is 1.39. The predicted octanol–water partition coefficient (Wildman–Crippen LogP) is 6.46. The van der Waals surface area contributed by atoms with Crippen LogP contribution < -0.4 is 4.90 Å². The number of amides is 1. The summed E-state index contributed by atoms with van der Waals surface area (Å²) in [7, 11) is 4.11. The Labute approximate surface area is 204 Å². The first kappa shape index (κ1) is 25.9. The number of carbonyl (C=O) groups excluding carboxylic acids is 1. The van der Waals surface area contributed by atoms with Crippen molar-refractivity contribution in [3.8, 4) is 0 Å². The summed E-state index contributed by atoms with van der Waals surface area (Å²) in [5.74, 6) is 0.858. The number of hydrogen-bond donors (Lipinski definition) is 0. The van der Waals surface area contributed by atoms with E-state index in [0.29, 0.717) is 13.0 Å². The van der Waals surface area contributed by atoms with E-state index in [1.807, 2.05) is 29.2 Å². The van der Waals surface area contributed by atoms with Gasteiger partial charge < -0.3 is 4.90 Å². The van der Waals surface area contributed by atoms with Crippen molar-refractivity contribution in [2.24, 2.45) is 0 Å². The van der Waals surface area contributed by atoms with Crippen LogP contribution in [-0.4, -0.2) is 48.7 Å². The molecule has 0 aliphatic rings. The van der Waals surface area contributed by atoms with E-state index in [1.54, 1.807) is 23.1 Å². The molecule has 0 bridgehead atoms. The van der Waals surface area contributed by atoms with Gasteiger partial charge in [-0.05, 0) is 82.4 Å². The molecule has 0 aliphatic heterocycles. The van der Waals surface area contributed by atoms with Crippen LogP contribution in [0.3, 0.4) is 0 Å². The fourth-order valence-electron chi connectivity index (χ4n) is 3.27. The van der Waals surface area contributed by atoms with Gasteiger partial charge in [0, 0.05) is 28.6 Å². The van der Waals surface area contributed by atoms with Gasteiger partial charge in [-0.2, -0.15) is 0 Å². The van der Waals surface area contributed by atoms with Crippen molar-refractivity contribution >= 4 is 68.4 Å². The van der Waals surface area contributed by atoms with Gasteiger partial charge in [0.2, 0.25) is 5.91 Å². The third-order valence-corrected chi connectivity index (χ3v) is 7.03. The average Bonchev–Trinajstić information content (AvgIpc) is 3.10. The Kier molecular flexibility index (Phi) is 10.1. The molecular formula is C23H29Cl2N3OS2. The normalized spacial score (nSPS) is 11.0. The van der Waals surface area contributed by atoms with Crippen molar-refractivity contribution in [1.29, 1.82) is 0 Å². The molecule has 0 aliphatic carbocycles. The number of carbonyl (C=O) groups is 1. The number of benzene rings is 2. The molecule has 31 heavy (non-hydrogen) atoms. The molecule has 1 amide bonds. The molecule has 4 nitrogen and oxygen atoms in total. The van der Waals surface area contributed by atoms with E-state index < -0.39 is 0 Å². The van der Waals surface area contributed by atoms with Crippen LogP contribution in [0.5, 0.6) is 0 Å². The second-order valence-electron chi connectivity index (χ2n) is 7.68. The van der Waals surface area contributed by atoms with Crippen molar-refractivity contribution in [1.82, 2.24) is 9.88 Å². The molecule has 0 spiro atoms. The summed E-state index contributed by atoms with van der Waals surface area (Å²) < 4.78 is 1.14. The lowest BCUT2D eigenvalue weighted by atomic mass is 10.1. The summed E-state index contributed by atoms with van der Waals surface area (Å²) >= 11 is 9.24. The molecule has 0 saturated heterocycles. The lowest BCUT2D eigenvalue weighted by Gasteiger charge is -2.21. The highest BCUT2D eigenvalue weighted by atomic mass is 35.5. The molecule has 168 valence electrons. The number of aromatic nitrogens is 1. The summed E-state index contributed by atoms with van der Waals surface area (Å²) in [4.78, 5) is 23.1. The van der Waals surface area contributed by atoms with Gasteiger partial charge in [-0.3, -0.25) is 9.69 Å². The molecule has 0 atom stereocenters. The molecule has 1 heterocycles. The van der Waals surface area contributed by atoms with Crippen LogP contribution in [0.4, 0.5) is 5.13 Å². The number of anilines is 1. The van der Waals surface area contributed by atoms with Gasteiger partial charge >= 0.3 is 0 Å². The Bertz CT molecular complexity index is 1010. The first-order chi connectivity index (χ1) is 14.3. The van der Waals surface area contributed by atoms with E-state index >= 15 is 0 Å². The number of thioether (sulfide) groups is 1. The smallest absolute Gasteiger partial charge is 0.229 e. The summed E-state index contributed by atoms with van der Waals surface area (Å²) in [6, 6.07) is 12.0. The highest BCUT2D eigenvalue weighted by Crippen LogP contribution is 2.32. The summed E-state index contributed by atoms with van der Waals surface area (Å²) in [5.41, 5.74) is 3.38. The van der Waals surface area contributed by atoms with Crippen molar-refractivity contribution in [3.63, 3.8) is 0 Å². The molecule has 0 N–H and O–H groups in total. The first-order valence-electron chi connectivity index (χ1n) is 10.0. The zero-order valence-electron chi connectivity index (χ0n) is 18.4. The molecule has 2 aromatic carbocycles. The largest absolute Gasteiger partial charge is 0.309 e. The van der Waals surface area contributed by atoms with Gasteiger partial charge in [-0.15, -0.1) is 24.2 Å². The van der Waals surface area contributed by atoms with Gasteiger partial charge in [-0.25, -0.2) is 4.98 Å². The van der Waals surface area contributed by atoms with Gasteiger partial charge in [0.15, 0.2) is 5.13 Å². The van der Waals surface area contributed by atoms with E-state index in [0.717, 1.165) is 49.5 Å². The van der Waals surface area contributed by atoms with Crippen LogP contribution in [-0.2, 0) is 4.79 Å². The Morgan fingerprint density at radius 3 is 2.52 bits per heavy atom. The predicted molar refractivity (Wildman–Crippen MR) is 139 cm³/mol. The number of rotatable bonds is 9. The van der Waals surface area contributed by atoms with Crippen LogP contribution in [0.15, 0.2) is 41.3 Å². The molecule has 8 heteroatoms. The third kappa shape index (κ3) is 7.36. The van der Waals surface area contributed by atoms with Crippen molar-refractivity contribution in [2.45, 2.75) is 31.6 Å². The SMILES string of the molecule is Cc1cc(C)c2nc(N(CCCN(C)C)C(=O)CCSc3ccc(Cl)cc3)sc2c1.Cl. The van der Waals surface area contributed by atoms with E-state index in [1.165, 1.54) is 5.56 Å². The van der Waals surface area contributed by atoms with E-state index in [2.05, 4.69) is 45.0 Å². The Morgan fingerprint density at radius 2 is 1.84 bits per heavy atom. The minimum Gasteiger partial charge on any atom is -0.309 e. The quantitative estimate of drug-likeness (QED) is 0.318. The zero-order chi connectivity index (χ0) is 21.7. The number of halogens is 2. The lowest BCUT2D eigenvalue weighted by Crippen LogP contribution is -2.33. The van der Waals surface area contributed by atoms with Crippen LogP contribution in [0.2, 0.25) is 5.02 Å². The fraction of sp³-hybridized carbons (Fsp3) is 0.391. The minimum absolute atomic E-state index is 0. The Morgan fingerprint density at radius 1 is 1.13 bits per heavy atom. The monoisotopic (exact) mass is 497 g/mol. The molecule has 3 aromatic rings. The summed E-state index contributed by atoms with van der Waals surface area (Å²) in [5, 5.41) is 1.53. The molecule has 0 saturated carbocycles. The topological polar surface area (TPSA) is 36.4 Å². The Balaban J connectivity index is 0.00000341. The second kappa shape index (κ2) is 12.1. The maximum Gasteiger partial charge on any atom is 0.229 e. The van der Waals surface area contributed by atoms with Crippen LogP contribution in [0.1, 0.15) is 24.0 Å². The standard InChI is InChI=1S/C23H28ClN3OS2.ClH/c1-16-14-17(2)22-20(15-16)30-23(25-22)27(12-5-11-26(3)4)21(28)10-13-29-19-8-6-18(24)7-9-19;/h6-9,14-15H,5,10-13H2,1-4H3;1H. The average molecular weight is 499 g/mol. The van der Waals surface area contributed by atoms with E-state index in [9.17, 15) is 4.79 Å². The number of aryl methyl sites for hydroxylation is 2. The van der Waals surface area contributed by atoms with Gasteiger partial charge in [0.1, 0.15) is 0 Å². The number of nitrogens with zero attached hydrogens (tertiary/aromatic N) is 3. The van der Waals surface area contributed by atoms with Crippen molar-refractivity contribution in [3.05, 3.63) is 52.5 Å². The second-order valence-corrected chi connectivity index (χ2v) is 10.3. The van der Waals surface area contributed by atoms with Crippen LogP contribution in [0.25, 0.3) is 10.2 Å². The molecule has 0 radical (unpaired) electrons. The van der Waals surface area contributed by atoms with Crippen molar-refractivity contribution < 1.29 is 4.79 Å². The molecule has 1 aromatic heterocycles. The third-order valence-electron chi connectivity index (χ3n) is 4.74. The van der Waals surface area contributed by atoms with E-state index in [4.69, 9.17) is 16.6 Å². The number of fused-ring (bicyclic) bond motifs is 1. The number of hydrogen-bond acceptors (Lipinski definition) is 5. The number of thiazole rings is 1. The first-order valence-corrected chi connectivity index (χ1v) is 12.2. The highest BCUT2D eigenvalue weighted by molar-refractivity contribution is 7.99. The molecule has 3 rings (SSSR count). The minimum atomic E-state index is 0. The van der Waals surface area contributed by atoms with Gasteiger partial charge in [0.25, 0.3) is 0 Å². The van der Waals surface area contributed by atoms with Crippen LogP contribution >= 0.6 is 47.1 Å². The maximum absolute atomic E-state index is 13.1. The maximum atomic E-state index is 13.1. The van der Waals surface area contributed by atoms with E-state index in [-0.39, 0.29) is 18.3 Å².